The number of likely N-dealkylation sites (N-methyl/N-ethyl adjacent to an activating group) is 1. The van der Waals surface area contributed by atoms with E-state index >= 15 is 0 Å². The van der Waals surface area contributed by atoms with Gasteiger partial charge in [0.05, 0.1) is 0 Å². The molecule has 3 rings (SSSR count). The number of fused-ring (bicyclic) bond motifs is 1. The van der Waals surface area contributed by atoms with Crippen LogP contribution in [0.1, 0.15) is 23.0 Å². The van der Waals surface area contributed by atoms with E-state index < -0.39 is 0 Å². The monoisotopic (exact) mass is 272 g/mol. The summed E-state index contributed by atoms with van der Waals surface area (Å²) >= 11 is 0. The molecule has 0 unspecified atom stereocenters. The molecule has 0 radical (unpaired) electrons. The van der Waals surface area contributed by atoms with E-state index in [0.29, 0.717) is 5.76 Å². The number of furan rings is 1. The lowest BCUT2D eigenvalue weighted by Crippen LogP contribution is -2.48. The first-order valence-electron chi connectivity index (χ1n) is 7.20. The van der Waals surface area contributed by atoms with Gasteiger partial charge in [-0.3, -0.25) is 4.79 Å². The lowest BCUT2D eigenvalue weighted by molar-refractivity contribution is 0.0614. The largest absolute Gasteiger partial charge is 0.451 e. The van der Waals surface area contributed by atoms with Gasteiger partial charge in [-0.2, -0.15) is 0 Å². The summed E-state index contributed by atoms with van der Waals surface area (Å²) in [5, 5.41) is 1.00. The zero-order chi connectivity index (χ0) is 14.1. The normalized spacial score (nSPS) is 16.8. The number of carbonyl (C=O) groups is 1. The Morgan fingerprint density at radius 1 is 1.25 bits per heavy atom. The lowest BCUT2D eigenvalue weighted by Gasteiger charge is -2.33. The molecule has 1 amide bonds. The zero-order valence-electron chi connectivity index (χ0n) is 12.1. The molecule has 0 saturated carbocycles. The van der Waals surface area contributed by atoms with E-state index in [1.807, 2.05) is 36.1 Å². The van der Waals surface area contributed by atoms with Crippen LogP contribution in [0.15, 0.2) is 28.7 Å². The average Bonchev–Trinajstić information content (AvgIpc) is 2.92. The van der Waals surface area contributed by atoms with Crippen molar-refractivity contribution < 1.29 is 9.21 Å². The molecule has 0 atom stereocenters. The summed E-state index contributed by atoms with van der Waals surface area (Å²) in [6.45, 7) is 8.65. The van der Waals surface area contributed by atoms with E-state index in [9.17, 15) is 4.79 Å². The Balaban J connectivity index is 1.81. The summed E-state index contributed by atoms with van der Waals surface area (Å²) in [5.41, 5.74) is 1.89. The maximum Gasteiger partial charge on any atom is 0.289 e. The predicted octanol–water partition coefficient (Wildman–Crippen LogP) is 2.52. The number of benzene rings is 1. The molecule has 1 aromatic carbocycles. The molecule has 0 bridgehead atoms. The van der Waals surface area contributed by atoms with Gasteiger partial charge < -0.3 is 14.2 Å². The van der Waals surface area contributed by atoms with Gasteiger partial charge in [-0.1, -0.05) is 25.1 Å². The fourth-order valence-corrected chi connectivity index (χ4v) is 2.74. The van der Waals surface area contributed by atoms with Crippen molar-refractivity contribution >= 4 is 16.9 Å². The van der Waals surface area contributed by atoms with Crippen LogP contribution in [-0.2, 0) is 0 Å². The maximum absolute atomic E-state index is 12.5. The van der Waals surface area contributed by atoms with Crippen LogP contribution in [0.25, 0.3) is 11.0 Å². The molecule has 0 N–H and O–H groups in total. The van der Waals surface area contributed by atoms with Crippen LogP contribution >= 0.6 is 0 Å². The molecule has 0 aliphatic carbocycles. The number of hydrogen-bond acceptors (Lipinski definition) is 3. The molecular weight excluding hydrogens is 252 g/mol. The van der Waals surface area contributed by atoms with Crippen molar-refractivity contribution in [3.63, 3.8) is 0 Å². The SMILES string of the molecule is CCN1CCN(C(=O)c2cc3cccc(C)c3o2)CC1. The first-order valence-corrected chi connectivity index (χ1v) is 7.20. The smallest absolute Gasteiger partial charge is 0.289 e. The molecule has 1 aromatic heterocycles. The van der Waals surface area contributed by atoms with Crippen LogP contribution in [0.5, 0.6) is 0 Å². The van der Waals surface area contributed by atoms with Crippen molar-refractivity contribution in [3.8, 4) is 0 Å². The quantitative estimate of drug-likeness (QED) is 0.843. The van der Waals surface area contributed by atoms with Gasteiger partial charge in [0.25, 0.3) is 5.91 Å². The number of carbonyl (C=O) groups excluding carboxylic acids is 1. The topological polar surface area (TPSA) is 36.7 Å². The fourth-order valence-electron chi connectivity index (χ4n) is 2.74. The first-order chi connectivity index (χ1) is 9.69. The second-order valence-corrected chi connectivity index (χ2v) is 5.33. The summed E-state index contributed by atoms with van der Waals surface area (Å²) in [7, 11) is 0. The van der Waals surface area contributed by atoms with E-state index in [4.69, 9.17) is 4.42 Å². The Hall–Kier alpha value is -1.81. The van der Waals surface area contributed by atoms with Gasteiger partial charge in [-0.15, -0.1) is 0 Å². The summed E-state index contributed by atoms with van der Waals surface area (Å²) in [6, 6.07) is 7.83. The van der Waals surface area contributed by atoms with Gasteiger partial charge in [0, 0.05) is 31.6 Å². The summed E-state index contributed by atoms with van der Waals surface area (Å²) in [6.07, 6.45) is 0. The molecule has 2 heterocycles. The van der Waals surface area contributed by atoms with Crippen LogP contribution in [0, 0.1) is 6.92 Å². The molecule has 1 aliphatic heterocycles. The van der Waals surface area contributed by atoms with Gasteiger partial charge in [0.1, 0.15) is 5.58 Å². The zero-order valence-corrected chi connectivity index (χ0v) is 12.1. The van der Waals surface area contributed by atoms with E-state index in [-0.39, 0.29) is 5.91 Å². The Morgan fingerprint density at radius 3 is 2.65 bits per heavy atom. The third-order valence-corrected chi connectivity index (χ3v) is 4.06. The minimum atomic E-state index is 0.0105. The van der Waals surface area contributed by atoms with E-state index in [2.05, 4.69) is 11.8 Å². The summed E-state index contributed by atoms with van der Waals surface area (Å²) in [4.78, 5) is 16.7. The minimum Gasteiger partial charge on any atom is -0.451 e. The Labute approximate surface area is 119 Å². The van der Waals surface area contributed by atoms with Crippen molar-refractivity contribution in [1.29, 1.82) is 0 Å². The second-order valence-electron chi connectivity index (χ2n) is 5.33. The Kier molecular flexibility index (Phi) is 3.49. The molecule has 106 valence electrons. The van der Waals surface area contributed by atoms with Gasteiger partial charge >= 0.3 is 0 Å². The maximum atomic E-state index is 12.5. The van der Waals surface area contributed by atoms with Gasteiger partial charge in [-0.05, 0) is 25.1 Å². The van der Waals surface area contributed by atoms with Crippen LogP contribution < -0.4 is 0 Å². The highest BCUT2D eigenvalue weighted by Gasteiger charge is 2.24. The van der Waals surface area contributed by atoms with Crippen LogP contribution in [0.2, 0.25) is 0 Å². The molecule has 4 nitrogen and oxygen atoms in total. The third-order valence-electron chi connectivity index (χ3n) is 4.06. The first kappa shape index (κ1) is 13.2. The van der Waals surface area contributed by atoms with Gasteiger partial charge in [0.15, 0.2) is 5.76 Å². The van der Waals surface area contributed by atoms with E-state index in [1.54, 1.807) is 0 Å². The fraction of sp³-hybridized carbons (Fsp3) is 0.438. The highest BCUT2D eigenvalue weighted by Crippen LogP contribution is 2.23. The highest BCUT2D eigenvalue weighted by molar-refractivity contribution is 5.96. The molecule has 20 heavy (non-hydrogen) atoms. The predicted molar refractivity (Wildman–Crippen MR) is 79.0 cm³/mol. The van der Waals surface area contributed by atoms with Crippen molar-refractivity contribution in [2.45, 2.75) is 13.8 Å². The number of piperazine rings is 1. The Morgan fingerprint density at radius 2 is 2.00 bits per heavy atom. The standard InChI is InChI=1S/C16H20N2O2/c1-3-17-7-9-18(10-8-17)16(19)14-11-13-6-4-5-12(2)15(13)20-14/h4-6,11H,3,7-10H2,1-2H3. The molecular formula is C16H20N2O2. The number of aryl methyl sites for hydroxylation is 1. The second kappa shape index (κ2) is 5.29. The average molecular weight is 272 g/mol. The number of hydrogen-bond donors (Lipinski definition) is 0. The third kappa shape index (κ3) is 2.31. The summed E-state index contributed by atoms with van der Waals surface area (Å²) < 4.78 is 5.76. The van der Waals surface area contributed by atoms with Crippen LogP contribution in [0.4, 0.5) is 0 Å². The van der Waals surface area contributed by atoms with E-state index in [0.717, 1.165) is 49.3 Å². The van der Waals surface area contributed by atoms with Crippen molar-refractivity contribution in [3.05, 3.63) is 35.6 Å². The molecule has 2 aromatic rings. The summed E-state index contributed by atoms with van der Waals surface area (Å²) in [5.74, 6) is 0.468. The van der Waals surface area contributed by atoms with Crippen molar-refractivity contribution in [2.24, 2.45) is 0 Å². The molecule has 1 aliphatic rings. The van der Waals surface area contributed by atoms with Crippen LogP contribution in [0.3, 0.4) is 0 Å². The van der Waals surface area contributed by atoms with Gasteiger partial charge in [-0.25, -0.2) is 0 Å². The lowest BCUT2D eigenvalue weighted by atomic mass is 10.2. The number of amides is 1. The van der Waals surface area contributed by atoms with Crippen molar-refractivity contribution in [1.82, 2.24) is 9.80 Å². The number of rotatable bonds is 2. The number of nitrogens with zero attached hydrogens (tertiary/aromatic N) is 2. The Bertz CT molecular complexity index is 624. The molecule has 1 fully saturated rings. The van der Waals surface area contributed by atoms with Crippen molar-refractivity contribution in [2.75, 3.05) is 32.7 Å². The van der Waals surface area contributed by atoms with Gasteiger partial charge in [0.2, 0.25) is 0 Å². The molecule has 0 spiro atoms. The number of para-hydroxylation sites is 1. The van der Waals surface area contributed by atoms with Crippen LogP contribution in [-0.4, -0.2) is 48.4 Å². The highest BCUT2D eigenvalue weighted by atomic mass is 16.3. The molecule has 4 heteroatoms. The molecule has 1 saturated heterocycles. The van der Waals surface area contributed by atoms with E-state index in [1.165, 1.54) is 0 Å². The minimum absolute atomic E-state index is 0.0105.